The second-order valence-electron chi connectivity index (χ2n) is 4.85. The number of anilines is 1. The summed E-state index contributed by atoms with van der Waals surface area (Å²) in [5.74, 6) is 0.0435. The molecule has 0 spiro atoms. The summed E-state index contributed by atoms with van der Waals surface area (Å²) >= 11 is 1.10. The van der Waals surface area contributed by atoms with Gasteiger partial charge < -0.3 is 10.4 Å². The van der Waals surface area contributed by atoms with E-state index in [0.717, 1.165) is 24.2 Å². The number of carboxylic acid groups (broad SMARTS) is 1. The Bertz CT molecular complexity index is 534. The quantitative estimate of drug-likeness (QED) is 0.824. The molecule has 3 rings (SSSR count). The first-order valence-electron chi connectivity index (χ1n) is 5.96. The zero-order valence-electron chi connectivity index (χ0n) is 9.63. The fourth-order valence-corrected chi connectivity index (χ4v) is 3.56. The first-order chi connectivity index (χ1) is 8.63. The number of hydrogen-bond acceptors (Lipinski definition) is 3. The van der Waals surface area contributed by atoms with Crippen LogP contribution >= 0.6 is 11.3 Å². The fourth-order valence-electron chi connectivity index (χ4n) is 2.82. The summed E-state index contributed by atoms with van der Waals surface area (Å²) < 4.78 is 0. The molecule has 3 atom stereocenters. The van der Waals surface area contributed by atoms with Crippen LogP contribution in [0.25, 0.3) is 0 Å². The lowest BCUT2D eigenvalue weighted by atomic mass is 9.93. The molecule has 4 nitrogen and oxygen atoms in total. The van der Waals surface area contributed by atoms with E-state index in [0.29, 0.717) is 16.8 Å². The van der Waals surface area contributed by atoms with E-state index in [1.807, 2.05) is 0 Å². The van der Waals surface area contributed by atoms with E-state index in [2.05, 4.69) is 17.5 Å². The number of carboxylic acids is 1. The van der Waals surface area contributed by atoms with Gasteiger partial charge in [0.25, 0.3) is 0 Å². The maximum atomic E-state index is 12.1. The molecule has 1 saturated carbocycles. The van der Waals surface area contributed by atoms with Crippen molar-refractivity contribution in [1.29, 1.82) is 0 Å². The molecule has 0 saturated heterocycles. The van der Waals surface area contributed by atoms with Gasteiger partial charge in [0.1, 0.15) is 4.88 Å². The van der Waals surface area contributed by atoms with Gasteiger partial charge in [-0.15, -0.1) is 11.3 Å². The average molecular weight is 263 g/mol. The third-order valence-electron chi connectivity index (χ3n) is 3.68. The van der Waals surface area contributed by atoms with Gasteiger partial charge in [-0.3, -0.25) is 4.79 Å². The number of aromatic carboxylic acids is 1. The standard InChI is InChI=1S/C13H13NO3S/c15-12(9-6-7-1-2-8(9)5-7)14-11-4-3-10(18-11)13(16)17/h1-4,7-9H,5-6H2,(H,14,15)(H,16,17). The SMILES string of the molecule is O=C(O)c1ccc(NC(=O)C2CC3C=CC2C3)s1. The molecule has 94 valence electrons. The zero-order chi connectivity index (χ0) is 12.7. The number of hydrogen-bond donors (Lipinski definition) is 2. The topological polar surface area (TPSA) is 66.4 Å². The Morgan fingerprint density at radius 3 is 2.67 bits per heavy atom. The van der Waals surface area contributed by atoms with Crippen LogP contribution < -0.4 is 5.32 Å². The molecule has 2 aliphatic carbocycles. The normalized spacial score (nSPS) is 28.6. The molecule has 0 radical (unpaired) electrons. The van der Waals surface area contributed by atoms with Crippen molar-refractivity contribution in [3.63, 3.8) is 0 Å². The predicted octanol–water partition coefficient (Wildman–Crippen LogP) is 2.60. The first kappa shape index (κ1) is 11.5. The smallest absolute Gasteiger partial charge is 0.345 e. The van der Waals surface area contributed by atoms with E-state index in [9.17, 15) is 9.59 Å². The van der Waals surface area contributed by atoms with Gasteiger partial charge >= 0.3 is 5.97 Å². The van der Waals surface area contributed by atoms with Crippen LogP contribution in [0.1, 0.15) is 22.5 Å². The molecule has 2 aliphatic rings. The minimum absolute atomic E-state index is 0.0191. The summed E-state index contributed by atoms with van der Waals surface area (Å²) in [5, 5.41) is 12.3. The Labute approximate surface area is 108 Å². The fraction of sp³-hybridized carbons (Fsp3) is 0.385. The van der Waals surface area contributed by atoms with Gasteiger partial charge in [0.05, 0.1) is 5.00 Å². The molecule has 1 aromatic heterocycles. The van der Waals surface area contributed by atoms with Gasteiger partial charge in [0.2, 0.25) is 5.91 Å². The van der Waals surface area contributed by atoms with Crippen LogP contribution in [0.2, 0.25) is 0 Å². The summed E-state index contributed by atoms with van der Waals surface area (Å²) in [5.41, 5.74) is 0. The number of carbonyl (C=O) groups is 2. The molecule has 1 fully saturated rings. The Balaban J connectivity index is 1.67. The van der Waals surface area contributed by atoms with Gasteiger partial charge in [-0.1, -0.05) is 12.2 Å². The van der Waals surface area contributed by atoms with E-state index < -0.39 is 5.97 Å². The second-order valence-corrected chi connectivity index (χ2v) is 5.93. The number of allylic oxidation sites excluding steroid dienone is 2. The highest BCUT2D eigenvalue weighted by molar-refractivity contribution is 7.18. The second kappa shape index (κ2) is 4.24. The van der Waals surface area contributed by atoms with Crippen LogP contribution in [-0.2, 0) is 4.79 Å². The van der Waals surface area contributed by atoms with Crippen LogP contribution in [0.4, 0.5) is 5.00 Å². The molecule has 1 amide bonds. The summed E-state index contributed by atoms with van der Waals surface area (Å²) in [4.78, 5) is 23.1. The third kappa shape index (κ3) is 1.95. The Hall–Kier alpha value is -1.62. The zero-order valence-corrected chi connectivity index (χ0v) is 10.4. The number of amides is 1. The van der Waals surface area contributed by atoms with Crippen molar-refractivity contribution in [2.24, 2.45) is 17.8 Å². The molecular formula is C13H13NO3S. The average Bonchev–Trinajstić information content (AvgIpc) is 3.03. The number of carbonyl (C=O) groups excluding carboxylic acids is 1. The maximum Gasteiger partial charge on any atom is 0.345 e. The van der Waals surface area contributed by atoms with Crippen LogP contribution in [0.3, 0.4) is 0 Å². The molecule has 1 heterocycles. The lowest BCUT2D eigenvalue weighted by molar-refractivity contribution is -0.120. The molecule has 1 aromatic rings. The van der Waals surface area contributed by atoms with E-state index in [4.69, 9.17) is 5.11 Å². The van der Waals surface area contributed by atoms with Gasteiger partial charge in [-0.05, 0) is 36.8 Å². The minimum Gasteiger partial charge on any atom is -0.477 e. The summed E-state index contributed by atoms with van der Waals surface area (Å²) in [6.45, 7) is 0. The molecule has 0 aliphatic heterocycles. The number of fused-ring (bicyclic) bond motifs is 2. The van der Waals surface area contributed by atoms with Crippen molar-refractivity contribution < 1.29 is 14.7 Å². The van der Waals surface area contributed by atoms with Crippen molar-refractivity contribution in [2.45, 2.75) is 12.8 Å². The van der Waals surface area contributed by atoms with Crippen molar-refractivity contribution >= 4 is 28.2 Å². The Kier molecular flexibility index (Phi) is 2.70. The minimum atomic E-state index is -0.955. The largest absolute Gasteiger partial charge is 0.477 e. The lowest BCUT2D eigenvalue weighted by Crippen LogP contribution is -2.25. The highest BCUT2D eigenvalue weighted by Crippen LogP contribution is 2.43. The highest BCUT2D eigenvalue weighted by Gasteiger charge is 2.39. The summed E-state index contributed by atoms with van der Waals surface area (Å²) in [7, 11) is 0. The molecule has 2 N–H and O–H groups in total. The van der Waals surface area contributed by atoms with Gasteiger partial charge in [-0.2, -0.15) is 0 Å². The molecule has 18 heavy (non-hydrogen) atoms. The van der Waals surface area contributed by atoms with Gasteiger partial charge in [-0.25, -0.2) is 4.79 Å². The summed E-state index contributed by atoms with van der Waals surface area (Å²) in [6.07, 6.45) is 6.34. The number of nitrogens with one attached hydrogen (secondary N) is 1. The van der Waals surface area contributed by atoms with Crippen molar-refractivity contribution in [3.05, 3.63) is 29.2 Å². The molecule has 2 bridgehead atoms. The van der Waals surface area contributed by atoms with Crippen molar-refractivity contribution in [2.75, 3.05) is 5.32 Å². The molecule has 0 aromatic carbocycles. The van der Waals surface area contributed by atoms with E-state index >= 15 is 0 Å². The summed E-state index contributed by atoms with van der Waals surface area (Å²) in [6, 6.07) is 3.17. The Morgan fingerprint density at radius 1 is 1.28 bits per heavy atom. The number of thiophene rings is 1. The number of rotatable bonds is 3. The van der Waals surface area contributed by atoms with Crippen molar-refractivity contribution in [1.82, 2.24) is 0 Å². The van der Waals surface area contributed by atoms with Crippen LogP contribution in [0.15, 0.2) is 24.3 Å². The van der Waals surface area contributed by atoms with E-state index in [1.54, 1.807) is 6.07 Å². The molecule has 3 unspecified atom stereocenters. The van der Waals surface area contributed by atoms with E-state index in [1.165, 1.54) is 6.07 Å². The van der Waals surface area contributed by atoms with Crippen LogP contribution in [0.5, 0.6) is 0 Å². The van der Waals surface area contributed by atoms with Crippen LogP contribution in [-0.4, -0.2) is 17.0 Å². The monoisotopic (exact) mass is 263 g/mol. The predicted molar refractivity (Wildman–Crippen MR) is 68.8 cm³/mol. The van der Waals surface area contributed by atoms with Crippen LogP contribution in [0, 0.1) is 17.8 Å². The molecular weight excluding hydrogens is 250 g/mol. The van der Waals surface area contributed by atoms with Gasteiger partial charge in [0.15, 0.2) is 0 Å². The lowest BCUT2D eigenvalue weighted by Gasteiger charge is -2.16. The third-order valence-corrected chi connectivity index (χ3v) is 4.67. The van der Waals surface area contributed by atoms with Gasteiger partial charge in [0, 0.05) is 5.92 Å². The molecule has 5 heteroatoms. The highest BCUT2D eigenvalue weighted by atomic mass is 32.1. The maximum absolute atomic E-state index is 12.1. The first-order valence-corrected chi connectivity index (χ1v) is 6.77. The van der Waals surface area contributed by atoms with Crippen molar-refractivity contribution in [3.8, 4) is 0 Å². The Morgan fingerprint density at radius 2 is 2.11 bits per heavy atom. The van der Waals surface area contributed by atoms with E-state index in [-0.39, 0.29) is 16.7 Å².